The molecule has 0 aliphatic heterocycles. The number of rotatable bonds is 4. The van der Waals surface area contributed by atoms with Gasteiger partial charge < -0.3 is 10.2 Å². The van der Waals surface area contributed by atoms with E-state index in [1.165, 1.54) is 0 Å². The Hall–Kier alpha value is -2.10. The van der Waals surface area contributed by atoms with E-state index in [1.54, 1.807) is 0 Å². The fourth-order valence-corrected chi connectivity index (χ4v) is 2.29. The number of benzene rings is 1. The number of carboxylic acid groups (broad SMARTS) is 2. The topological polar surface area (TPSA) is 74.6 Å². The van der Waals surface area contributed by atoms with Crippen LogP contribution in [0.4, 0.5) is 0 Å². The van der Waals surface area contributed by atoms with Crippen LogP contribution in [0, 0.1) is 11.8 Å². The summed E-state index contributed by atoms with van der Waals surface area (Å²) in [5, 5.41) is 17.4. The molecule has 0 bridgehead atoms. The van der Waals surface area contributed by atoms with Gasteiger partial charge >= 0.3 is 11.9 Å². The van der Waals surface area contributed by atoms with Gasteiger partial charge in [-0.2, -0.15) is 0 Å². The second kappa shape index (κ2) is 8.25. The van der Waals surface area contributed by atoms with Gasteiger partial charge in [0.1, 0.15) is 0 Å². The van der Waals surface area contributed by atoms with Crippen molar-refractivity contribution >= 4 is 11.9 Å². The van der Waals surface area contributed by atoms with Crippen LogP contribution in [0.15, 0.2) is 42.5 Å². The first kappa shape index (κ1) is 17.0. The first-order chi connectivity index (χ1) is 9.93. The average Bonchev–Trinajstić information content (AvgIpc) is 2.94. The van der Waals surface area contributed by atoms with Crippen molar-refractivity contribution in [2.45, 2.75) is 32.6 Å². The van der Waals surface area contributed by atoms with Gasteiger partial charge in [-0.1, -0.05) is 56.3 Å². The molecule has 2 rings (SSSR count). The minimum atomic E-state index is -0.749. The molecule has 114 valence electrons. The minimum absolute atomic E-state index is 0.125. The van der Waals surface area contributed by atoms with Crippen molar-refractivity contribution in [1.29, 1.82) is 0 Å². The Bertz CT molecular complexity index is 483. The average molecular weight is 290 g/mol. The molecule has 0 amide bonds. The summed E-state index contributed by atoms with van der Waals surface area (Å²) in [4.78, 5) is 21.1. The third-order valence-electron chi connectivity index (χ3n) is 3.45. The van der Waals surface area contributed by atoms with Gasteiger partial charge in [0.15, 0.2) is 0 Å². The van der Waals surface area contributed by atoms with Gasteiger partial charge in [0.25, 0.3) is 0 Å². The van der Waals surface area contributed by atoms with Gasteiger partial charge in [0, 0.05) is 0 Å². The highest BCUT2D eigenvalue weighted by atomic mass is 16.4. The Morgan fingerprint density at radius 1 is 1.05 bits per heavy atom. The van der Waals surface area contributed by atoms with Crippen LogP contribution in [0.1, 0.15) is 38.2 Å². The number of aliphatic carboxylic acids is 2. The molecule has 1 atom stereocenters. The SMILES string of the molecule is CC(C)C(C(=O)O)c1ccccc1.O=C(O)C1CC=CC1. The highest BCUT2D eigenvalue weighted by Crippen LogP contribution is 2.24. The molecule has 0 saturated heterocycles. The molecule has 0 heterocycles. The number of allylic oxidation sites excluding steroid dienone is 2. The molecule has 1 unspecified atom stereocenters. The summed E-state index contributed by atoms with van der Waals surface area (Å²) in [5.74, 6) is -1.81. The first-order valence-electron chi connectivity index (χ1n) is 7.09. The van der Waals surface area contributed by atoms with Gasteiger partial charge in [0.2, 0.25) is 0 Å². The van der Waals surface area contributed by atoms with Crippen molar-refractivity contribution in [3.63, 3.8) is 0 Å². The summed E-state index contributed by atoms with van der Waals surface area (Å²) in [6.45, 7) is 3.84. The lowest BCUT2D eigenvalue weighted by Gasteiger charge is -2.15. The number of carbonyl (C=O) groups is 2. The standard InChI is InChI=1S/C11H14O2.C6H8O2/c1-8(2)10(11(12)13)9-6-4-3-5-7-9;7-6(8)5-3-1-2-4-5/h3-8,10H,1-2H3,(H,12,13);1-2,5H,3-4H2,(H,7,8). The summed E-state index contributed by atoms with van der Waals surface area (Å²) in [7, 11) is 0. The van der Waals surface area contributed by atoms with Crippen molar-refractivity contribution in [1.82, 2.24) is 0 Å². The van der Waals surface area contributed by atoms with Crippen LogP contribution in [0.3, 0.4) is 0 Å². The lowest BCUT2D eigenvalue weighted by molar-refractivity contribution is -0.141. The molecule has 1 aromatic carbocycles. The van der Waals surface area contributed by atoms with Crippen molar-refractivity contribution in [2.24, 2.45) is 11.8 Å². The van der Waals surface area contributed by atoms with Gasteiger partial charge in [0.05, 0.1) is 11.8 Å². The normalized spacial score (nSPS) is 15.4. The second-order valence-electron chi connectivity index (χ2n) is 5.45. The zero-order chi connectivity index (χ0) is 15.8. The van der Waals surface area contributed by atoms with Gasteiger partial charge in [-0.05, 0) is 24.3 Å². The van der Waals surface area contributed by atoms with Gasteiger partial charge in [-0.15, -0.1) is 0 Å². The Labute approximate surface area is 125 Å². The predicted molar refractivity (Wildman–Crippen MR) is 81.2 cm³/mol. The monoisotopic (exact) mass is 290 g/mol. The zero-order valence-corrected chi connectivity index (χ0v) is 12.4. The molecular formula is C17H22O4. The van der Waals surface area contributed by atoms with E-state index in [9.17, 15) is 9.59 Å². The number of carboxylic acids is 2. The summed E-state index contributed by atoms with van der Waals surface area (Å²) >= 11 is 0. The van der Waals surface area contributed by atoms with Crippen LogP contribution in [-0.2, 0) is 9.59 Å². The van der Waals surface area contributed by atoms with Crippen molar-refractivity contribution in [3.05, 3.63) is 48.0 Å². The Balaban J connectivity index is 0.000000235. The van der Waals surface area contributed by atoms with Gasteiger partial charge in [-0.3, -0.25) is 9.59 Å². The van der Waals surface area contributed by atoms with E-state index in [2.05, 4.69) is 0 Å². The molecule has 0 fully saturated rings. The predicted octanol–water partition coefficient (Wildman–Crippen LogP) is 3.55. The van der Waals surface area contributed by atoms with E-state index in [1.807, 2.05) is 56.3 Å². The third kappa shape index (κ3) is 5.42. The largest absolute Gasteiger partial charge is 0.481 e. The summed E-state index contributed by atoms with van der Waals surface area (Å²) in [6, 6.07) is 9.35. The van der Waals surface area contributed by atoms with E-state index in [4.69, 9.17) is 10.2 Å². The van der Waals surface area contributed by atoms with E-state index in [0.29, 0.717) is 0 Å². The van der Waals surface area contributed by atoms with Crippen LogP contribution < -0.4 is 0 Å². The quantitative estimate of drug-likeness (QED) is 0.832. The van der Waals surface area contributed by atoms with E-state index >= 15 is 0 Å². The molecule has 1 aromatic rings. The molecule has 2 N–H and O–H groups in total. The van der Waals surface area contributed by atoms with Crippen molar-refractivity contribution in [2.75, 3.05) is 0 Å². The Morgan fingerprint density at radius 3 is 1.90 bits per heavy atom. The number of hydrogen-bond acceptors (Lipinski definition) is 2. The molecule has 0 saturated carbocycles. The second-order valence-corrected chi connectivity index (χ2v) is 5.45. The number of hydrogen-bond donors (Lipinski definition) is 2. The summed E-state index contributed by atoms with van der Waals surface area (Å²) < 4.78 is 0. The lowest BCUT2D eigenvalue weighted by Crippen LogP contribution is -2.17. The first-order valence-corrected chi connectivity index (χ1v) is 7.09. The lowest BCUT2D eigenvalue weighted by atomic mass is 9.89. The molecule has 1 aliphatic rings. The highest BCUT2D eigenvalue weighted by Gasteiger charge is 2.22. The maximum Gasteiger partial charge on any atom is 0.311 e. The third-order valence-corrected chi connectivity index (χ3v) is 3.45. The van der Waals surface area contributed by atoms with Crippen LogP contribution in [0.25, 0.3) is 0 Å². The maximum atomic E-state index is 10.9. The van der Waals surface area contributed by atoms with E-state index < -0.39 is 11.9 Å². The fraction of sp³-hybridized carbons (Fsp3) is 0.412. The van der Waals surface area contributed by atoms with Crippen LogP contribution >= 0.6 is 0 Å². The smallest absolute Gasteiger partial charge is 0.311 e. The molecule has 4 heteroatoms. The van der Waals surface area contributed by atoms with Crippen molar-refractivity contribution in [3.8, 4) is 0 Å². The molecule has 0 spiro atoms. The Kier molecular flexibility index (Phi) is 6.66. The molecule has 0 aromatic heterocycles. The zero-order valence-electron chi connectivity index (χ0n) is 12.4. The van der Waals surface area contributed by atoms with Crippen LogP contribution in [0.5, 0.6) is 0 Å². The maximum absolute atomic E-state index is 10.9. The van der Waals surface area contributed by atoms with Gasteiger partial charge in [-0.25, -0.2) is 0 Å². The van der Waals surface area contributed by atoms with Crippen molar-refractivity contribution < 1.29 is 19.8 Å². The molecular weight excluding hydrogens is 268 g/mol. The summed E-state index contributed by atoms with van der Waals surface area (Å²) in [5.41, 5.74) is 0.880. The van der Waals surface area contributed by atoms with E-state index in [-0.39, 0.29) is 17.8 Å². The molecule has 1 aliphatic carbocycles. The molecule has 21 heavy (non-hydrogen) atoms. The summed E-state index contributed by atoms with van der Waals surface area (Å²) in [6.07, 6.45) is 5.27. The minimum Gasteiger partial charge on any atom is -0.481 e. The van der Waals surface area contributed by atoms with Crippen LogP contribution in [-0.4, -0.2) is 22.2 Å². The highest BCUT2D eigenvalue weighted by molar-refractivity contribution is 5.76. The van der Waals surface area contributed by atoms with Crippen LogP contribution in [0.2, 0.25) is 0 Å². The fourth-order valence-electron chi connectivity index (χ4n) is 2.29. The molecule has 0 radical (unpaired) electrons. The molecule has 4 nitrogen and oxygen atoms in total. The Morgan fingerprint density at radius 2 is 1.57 bits per heavy atom. The van der Waals surface area contributed by atoms with E-state index in [0.717, 1.165) is 18.4 Å².